The van der Waals surface area contributed by atoms with Crippen molar-refractivity contribution in [2.24, 2.45) is 14.1 Å². The second-order valence-electron chi connectivity index (χ2n) is 4.98. The van der Waals surface area contributed by atoms with Crippen LogP contribution < -0.4 is 5.32 Å². The highest BCUT2D eigenvalue weighted by Crippen LogP contribution is 2.26. The van der Waals surface area contributed by atoms with Crippen LogP contribution in [0.15, 0.2) is 4.60 Å². The standard InChI is InChI=1S/C13H21BrN6/c1-6-15-11(12-13(14)16-18-20(12)5)7-10-8(2)17-19(4)9(10)3/h11,15H,6-7H2,1-5H3. The first-order chi connectivity index (χ1) is 9.45. The van der Waals surface area contributed by atoms with Crippen molar-refractivity contribution in [3.8, 4) is 0 Å². The van der Waals surface area contributed by atoms with E-state index in [0.717, 1.165) is 29.0 Å². The number of halogens is 1. The third kappa shape index (κ3) is 2.78. The van der Waals surface area contributed by atoms with Crippen LogP contribution in [-0.2, 0) is 20.5 Å². The fraction of sp³-hybridized carbons (Fsp3) is 0.615. The van der Waals surface area contributed by atoms with Crippen LogP contribution in [-0.4, -0.2) is 31.3 Å². The molecule has 0 saturated heterocycles. The Morgan fingerprint density at radius 3 is 2.40 bits per heavy atom. The number of hydrogen-bond donors (Lipinski definition) is 1. The number of rotatable bonds is 5. The molecule has 0 amide bonds. The molecule has 0 aliphatic heterocycles. The third-order valence-electron chi connectivity index (χ3n) is 3.67. The Bertz CT molecular complexity index is 581. The van der Waals surface area contributed by atoms with Crippen molar-refractivity contribution in [1.29, 1.82) is 0 Å². The molecule has 7 heteroatoms. The first-order valence-electron chi connectivity index (χ1n) is 6.73. The molecule has 2 aromatic heterocycles. The van der Waals surface area contributed by atoms with Gasteiger partial charge in [0.25, 0.3) is 0 Å². The number of aromatic nitrogens is 5. The van der Waals surface area contributed by atoms with E-state index in [9.17, 15) is 0 Å². The smallest absolute Gasteiger partial charge is 0.153 e. The van der Waals surface area contributed by atoms with E-state index < -0.39 is 0 Å². The number of nitrogens with one attached hydrogen (secondary N) is 1. The van der Waals surface area contributed by atoms with Gasteiger partial charge in [0.2, 0.25) is 0 Å². The lowest BCUT2D eigenvalue weighted by molar-refractivity contribution is 0.503. The molecule has 1 N–H and O–H groups in total. The zero-order valence-corrected chi connectivity index (χ0v) is 14.2. The van der Waals surface area contributed by atoms with Gasteiger partial charge in [0.15, 0.2) is 4.60 Å². The quantitative estimate of drug-likeness (QED) is 0.901. The Balaban J connectivity index is 2.35. The zero-order valence-electron chi connectivity index (χ0n) is 12.6. The first kappa shape index (κ1) is 15.2. The SMILES string of the molecule is CCNC(Cc1c(C)nn(C)c1C)c1c(Br)nnn1C. The first-order valence-corrected chi connectivity index (χ1v) is 7.52. The highest BCUT2D eigenvalue weighted by molar-refractivity contribution is 9.10. The molecule has 0 fully saturated rings. The van der Waals surface area contributed by atoms with Crippen molar-refractivity contribution in [3.05, 3.63) is 27.2 Å². The molecule has 0 bridgehead atoms. The van der Waals surface area contributed by atoms with Gasteiger partial charge >= 0.3 is 0 Å². The van der Waals surface area contributed by atoms with Crippen molar-refractivity contribution < 1.29 is 0 Å². The molecular weight excluding hydrogens is 320 g/mol. The van der Waals surface area contributed by atoms with E-state index in [2.05, 4.69) is 57.4 Å². The molecule has 1 atom stereocenters. The molecule has 0 spiro atoms. The summed E-state index contributed by atoms with van der Waals surface area (Å²) in [5, 5.41) is 16.1. The Kier molecular flexibility index (Phi) is 4.59. The van der Waals surface area contributed by atoms with Crippen LogP contribution in [0.5, 0.6) is 0 Å². The van der Waals surface area contributed by atoms with Gasteiger partial charge in [-0.25, -0.2) is 4.68 Å². The fourth-order valence-electron chi connectivity index (χ4n) is 2.54. The van der Waals surface area contributed by atoms with E-state index in [1.54, 1.807) is 0 Å². The fourth-order valence-corrected chi connectivity index (χ4v) is 3.14. The normalized spacial score (nSPS) is 12.9. The minimum Gasteiger partial charge on any atom is -0.309 e. The van der Waals surface area contributed by atoms with Crippen molar-refractivity contribution >= 4 is 15.9 Å². The highest BCUT2D eigenvalue weighted by Gasteiger charge is 2.22. The molecule has 2 aromatic rings. The van der Waals surface area contributed by atoms with Crippen LogP contribution in [0.2, 0.25) is 0 Å². The van der Waals surface area contributed by atoms with Crippen LogP contribution in [0.25, 0.3) is 0 Å². The molecule has 2 rings (SSSR count). The second kappa shape index (κ2) is 6.05. The van der Waals surface area contributed by atoms with Crippen LogP contribution in [0.1, 0.15) is 35.6 Å². The summed E-state index contributed by atoms with van der Waals surface area (Å²) in [7, 11) is 3.90. The lowest BCUT2D eigenvalue weighted by atomic mass is 10.0. The summed E-state index contributed by atoms with van der Waals surface area (Å²) in [6.07, 6.45) is 0.874. The third-order valence-corrected chi connectivity index (χ3v) is 4.24. The van der Waals surface area contributed by atoms with Gasteiger partial charge in [-0.2, -0.15) is 5.10 Å². The number of aryl methyl sites for hydroxylation is 3. The maximum atomic E-state index is 4.49. The lowest BCUT2D eigenvalue weighted by Crippen LogP contribution is -2.26. The Labute approximate surface area is 127 Å². The molecule has 0 saturated carbocycles. The average molecular weight is 341 g/mol. The monoisotopic (exact) mass is 340 g/mol. The van der Waals surface area contributed by atoms with E-state index in [1.165, 1.54) is 11.3 Å². The topological polar surface area (TPSA) is 60.6 Å². The molecule has 0 aliphatic rings. The number of nitrogens with zero attached hydrogens (tertiary/aromatic N) is 5. The number of likely N-dealkylation sites (N-methyl/N-ethyl adjacent to an activating group) is 1. The summed E-state index contributed by atoms with van der Waals surface area (Å²) in [6.45, 7) is 7.16. The van der Waals surface area contributed by atoms with Crippen molar-refractivity contribution in [2.75, 3.05) is 6.54 Å². The molecule has 0 aliphatic carbocycles. The largest absolute Gasteiger partial charge is 0.309 e. The summed E-state index contributed by atoms with van der Waals surface area (Å²) in [4.78, 5) is 0. The Hall–Kier alpha value is -1.21. The van der Waals surface area contributed by atoms with Gasteiger partial charge in [0.1, 0.15) is 0 Å². The minimum atomic E-state index is 0.163. The average Bonchev–Trinajstić information content (AvgIpc) is 2.83. The van der Waals surface area contributed by atoms with Crippen LogP contribution in [0.4, 0.5) is 0 Å². The Morgan fingerprint density at radius 2 is 1.95 bits per heavy atom. The number of hydrogen-bond acceptors (Lipinski definition) is 4. The van der Waals surface area contributed by atoms with Gasteiger partial charge in [-0.15, -0.1) is 5.10 Å². The molecule has 0 radical (unpaired) electrons. The second-order valence-corrected chi connectivity index (χ2v) is 5.73. The van der Waals surface area contributed by atoms with Crippen molar-refractivity contribution in [3.63, 3.8) is 0 Å². The molecule has 2 heterocycles. The molecule has 110 valence electrons. The van der Waals surface area contributed by atoms with E-state index in [4.69, 9.17) is 0 Å². The van der Waals surface area contributed by atoms with Crippen molar-refractivity contribution in [2.45, 2.75) is 33.2 Å². The van der Waals surface area contributed by atoms with Gasteiger partial charge in [-0.05, 0) is 48.3 Å². The predicted octanol–water partition coefficient (Wildman–Crippen LogP) is 1.82. The molecular formula is C13H21BrN6. The van der Waals surface area contributed by atoms with Gasteiger partial charge in [-0.3, -0.25) is 4.68 Å². The van der Waals surface area contributed by atoms with Gasteiger partial charge in [-0.1, -0.05) is 12.1 Å². The Morgan fingerprint density at radius 1 is 1.25 bits per heavy atom. The predicted molar refractivity (Wildman–Crippen MR) is 81.5 cm³/mol. The van der Waals surface area contributed by atoms with Gasteiger partial charge < -0.3 is 5.32 Å². The van der Waals surface area contributed by atoms with E-state index in [-0.39, 0.29) is 6.04 Å². The molecule has 1 unspecified atom stereocenters. The van der Waals surface area contributed by atoms with Crippen molar-refractivity contribution in [1.82, 2.24) is 30.1 Å². The maximum Gasteiger partial charge on any atom is 0.153 e. The molecule has 0 aromatic carbocycles. The summed E-state index contributed by atoms with van der Waals surface area (Å²) in [5.41, 5.74) is 4.64. The van der Waals surface area contributed by atoms with E-state index >= 15 is 0 Å². The van der Waals surface area contributed by atoms with Gasteiger partial charge in [0.05, 0.1) is 17.4 Å². The minimum absolute atomic E-state index is 0.163. The molecule has 6 nitrogen and oxygen atoms in total. The summed E-state index contributed by atoms with van der Waals surface area (Å²) >= 11 is 3.49. The van der Waals surface area contributed by atoms with Crippen LogP contribution in [0, 0.1) is 13.8 Å². The summed E-state index contributed by atoms with van der Waals surface area (Å²) in [6, 6.07) is 0.163. The summed E-state index contributed by atoms with van der Waals surface area (Å²) < 4.78 is 4.55. The van der Waals surface area contributed by atoms with E-state index in [1.807, 2.05) is 23.5 Å². The van der Waals surface area contributed by atoms with Crippen LogP contribution >= 0.6 is 15.9 Å². The summed E-state index contributed by atoms with van der Waals surface area (Å²) in [5.74, 6) is 0. The molecule has 20 heavy (non-hydrogen) atoms. The van der Waals surface area contributed by atoms with E-state index in [0.29, 0.717) is 0 Å². The lowest BCUT2D eigenvalue weighted by Gasteiger charge is -2.18. The van der Waals surface area contributed by atoms with Crippen LogP contribution in [0.3, 0.4) is 0 Å². The van der Waals surface area contributed by atoms with Gasteiger partial charge in [0, 0.05) is 19.8 Å². The maximum absolute atomic E-state index is 4.49. The highest BCUT2D eigenvalue weighted by atomic mass is 79.9. The zero-order chi connectivity index (χ0) is 14.9.